The first kappa shape index (κ1) is 20.6. The van der Waals surface area contributed by atoms with Crippen LogP contribution in [0.5, 0.6) is 0 Å². The van der Waals surface area contributed by atoms with Crippen LogP contribution in [0.15, 0.2) is 47.4 Å². The zero-order chi connectivity index (χ0) is 20.3. The fourth-order valence-corrected chi connectivity index (χ4v) is 5.11. The quantitative estimate of drug-likeness (QED) is 0.569. The van der Waals surface area contributed by atoms with Gasteiger partial charge in [0.05, 0.1) is 23.7 Å². The molecule has 0 fully saturated rings. The predicted octanol–water partition coefficient (Wildman–Crippen LogP) is 3.50. The van der Waals surface area contributed by atoms with Crippen LogP contribution in [0.2, 0.25) is 5.02 Å². The van der Waals surface area contributed by atoms with Gasteiger partial charge in [0.25, 0.3) is 10.0 Å². The summed E-state index contributed by atoms with van der Waals surface area (Å²) in [5.41, 5.74) is 2.17. The van der Waals surface area contributed by atoms with Crippen molar-refractivity contribution in [3.63, 3.8) is 0 Å². The van der Waals surface area contributed by atoms with E-state index >= 15 is 0 Å². The van der Waals surface area contributed by atoms with Gasteiger partial charge in [0.15, 0.2) is 0 Å². The number of carbonyl (C=O) groups excluding carboxylic acids is 1. The van der Waals surface area contributed by atoms with Gasteiger partial charge < -0.3 is 10.1 Å². The van der Waals surface area contributed by atoms with E-state index in [4.69, 9.17) is 11.6 Å². The number of rotatable bonds is 6. The Hall–Kier alpha value is -2.09. The molecule has 0 amide bonds. The van der Waals surface area contributed by atoms with Gasteiger partial charge in [0.1, 0.15) is 0 Å². The number of hydrogen-bond donors (Lipinski definition) is 1. The lowest BCUT2D eigenvalue weighted by Crippen LogP contribution is -2.26. The number of para-hydroxylation sites is 1. The number of anilines is 1. The van der Waals surface area contributed by atoms with E-state index in [1.165, 1.54) is 17.5 Å². The lowest BCUT2D eigenvalue weighted by atomic mass is 9.96. The van der Waals surface area contributed by atoms with Crippen LogP contribution in [0, 0.1) is 0 Å². The summed E-state index contributed by atoms with van der Waals surface area (Å²) < 4.78 is 32.3. The summed E-state index contributed by atoms with van der Waals surface area (Å²) in [6.45, 7) is 0.627. The second kappa shape index (κ2) is 8.51. The number of hydrogen-bond acceptors (Lipinski definition) is 5. The van der Waals surface area contributed by atoms with Crippen LogP contribution in [0.1, 0.15) is 36.4 Å². The van der Waals surface area contributed by atoms with Crippen LogP contribution in [0.25, 0.3) is 0 Å². The standard InChI is InChI=1S/C20H23ClN2O4S/c1-23-17-8-4-3-7-15(17)20(22-12-6-5-9-19(24)27-2)16-11-10-14(21)13-18(16)28(23,25)26/h3-4,7-8,10-11,13,20,22H,5-6,9,12H2,1-2H3/t20-/m0/s1. The highest BCUT2D eigenvalue weighted by atomic mass is 35.5. The van der Waals surface area contributed by atoms with Crippen molar-refractivity contribution in [2.45, 2.75) is 30.2 Å². The number of sulfonamides is 1. The van der Waals surface area contributed by atoms with Crippen molar-refractivity contribution < 1.29 is 17.9 Å². The van der Waals surface area contributed by atoms with Crippen molar-refractivity contribution in [1.82, 2.24) is 5.32 Å². The van der Waals surface area contributed by atoms with Crippen LogP contribution >= 0.6 is 11.6 Å². The smallest absolute Gasteiger partial charge is 0.305 e. The van der Waals surface area contributed by atoms with Crippen LogP contribution in [0.4, 0.5) is 5.69 Å². The van der Waals surface area contributed by atoms with Gasteiger partial charge in [-0.05, 0) is 48.7 Å². The van der Waals surface area contributed by atoms with Crippen molar-refractivity contribution in [3.8, 4) is 0 Å². The molecule has 0 saturated heterocycles. The van der Waals surface area contributed by atoms with Gasteiger partial charge in [-0.25, -0.2) is 8.42 Å². The molecular formula is C20H23ClN2O4S. The van der Waals surface area contributed by atoms with Gasteiger partial charge in [-0.2, -0.15) is 0 Å². The molecule has 1 heterocycles. The lowest BCUT2D eigenvalue weighted by molar-refractivity contribution is -0.140. The van der Waals surface area contributed by atoms with E-state index in [1.54, 1.807) is 25.2 Å². The van der Waals surface area contributed by atoms with Gasteiger partial charge in [-0.1, -0.05) is 35.9 Å². The molecule has 1 aliphatic heterocycles. The van der Waals surface area contributed by atoms with E-state index in [9.17, 15) is 13.2 Å². The monoisotopic (exact) mass is 422 g/mol. The molecule has 0 unspecified atom stereocenters. The third kappa shape index (κ3) is 4.01. The maximum absolute atomic E-state index is 13.2. The van der Waals surface area contributed by atoms with E-state index in [2.05, 4.69) is 10.1 Å². The molecule has 1 atom stereocenters. The molecule has 150 valence electrons. The molecule has 1 aliphatic rings. The largest absolute Gasteiger partial charge is 0.469 e. The number of fused-ring (bicyclic) bond motifs is 2. The molecule has 0 saturated carbocycles. The third-order valence-corrected chi connectivity index (χ3v) is 6.96. The Labute approximate surface area is 170 Å². The number of nitrogens with zero attached hydrogens (tertiary/aromatic N) is 1. The van der Waals surface area contributed by atoms with Crippen molar-refractivity contribution in [2.75, 3.05) is 25.0 Å². The molecule has 1 N–H and O–H groups in total. The van der Waals surface area contributed by atoms with Gasteiger partial charge in [0.2, 0.25) is 0 Å². The molecule has 2 aromatic carbocycles. The Morgan fingerprint density at radius 1 is 1.18 bits per heavy atom. The van der Waals surface area contributed by atoms with E-state index in [1.807, 2.05) is 18.2 Å². The number of nitrogens with one attached hydrogen (secondary N) is 1. The molecule has 2 aromatic rings. The van der Waals surface area contributed by atoms with Crippen LogP contribution in [0.3, 0.4) is 0 Å². The summed E-state index contributed by atoms with van der Waals surface area (Å²) in [5.74, 6) is -0.229. The summed E-state index contributed by atoms with van der Waals surface area (Å²) in [6, 6.07) is 12.1. The zero-order valence-corrected chi connectivity index (χ0v) is 17.4. The SMILES string of the molecule is COC(=O)CCCCN[C@H]1c2ccccc2N(C)S(=O)(=O)c2cc(Cl)ccc21. The summed E-state index contributed by atoms with van der Waals surface area (Å²) in [6.07, 6.45) is 1.82. The minimum absolute atomic E-state index is 0.200. The topological polar surface area (TPSA) is 75.7 Å². The Morgan fingerprint density at radius 3 is 2.68 bits per heavy atom. The van der Waals surface area contributed by atoms with Crippen molar-refractivity contribution >= 4 is 33.3 Å². The Bertz CT molecular complexity index is 978. The van der Waals surface area contributed by atoms with Crippen molar-refractivity contribution in [3.05, 3.63) is 58.6 Å². The first-order valence-corrected chi connectivity index (χ1v) is 10.9. The molecular weight excluding hydrogens is 400 g/mol. The Kier molecular flexibility index (Phi) is 6.27. The molecule has 6 nitrogen and oxygen atoms in total. The van der Waals surface area contributed by atoms with E-state index < -0.39 is 10.0 Å². The van der Waals surface area contributed by atoms with Gasteiger partial charge in [-0.15, -0.1) is 0 Å². The molecule has 28 heavy (non-hydrogen) atoms. The molecule has 0 aromatic heterocycles. The molecule has 8 heteroatoms. The maximum atomic E-state index is 13.2. The highest BCUT2D eigenvalue weighted by Gasteiger charge is 2.34. The number of benzene rings is 2. The number of unbranched alkanes of at least 4 members (excludes halogenated alkanes) is 1. The fourth-order valence-electron chi connectivity index (χ4n) is 3.40. The van der Waals surface area contributed by atoms with Crippen LogP contribution < -0.4 is 9.62 Å². The second-order valence-corrected chi connectivity index (χ2v) is 9.01. The summed E-state index contributed by atoms with van der Waals surface area (Å²) in [5, 5.41) is 3.83. The predicted molar refractivity (Wildman–Crippen MR) is 109 cm³/mol. The number of methoxy groups -OCH3 is 1. The van der Waals surface area contributed by atoms with E-state index in [-0.39, 0.29) is 16.9 Å². The Morgan fingerprint density at radius 2 is 1.93 bits per heavy atom. The highest BCUT2D eigenvalue weighted by molar-refractivity contribution is 7.92. The summed E-state index contributed by atoms with van der Waals surface area (Å²) >= 11 is 6.11. The molecule has 0 aliphatic carbocycles. The van der Waals surface area contributed by atoms with Gasteiger partial charge in [-0.3, -0.25) is 9.10 Å². The normalized spacial score (nSPS) is 17.4. The lowest BCUT2D eigenvalue weighted by Gasteiger charge is -2.22. The minimum Gasteiger partial charge on any atom is -0.469 e. The molecule has 0 bridgehead atoms. The molecule has 0 radical (unpaired) electrons. The average molecular weight is 423 g/mol. The molecule has 0 spiro atoms. The third-order valence-electron chi connectivity index (χ3n) is 4.90. The summed E-state index contributed by atoms with van der Waals surface area (Å²) in [7, 11) is -0.798. The first-order valence-electron chi connectivity index (χ1n) is 9.03. The van der Waals surface area contributed by atoms with Crippen molar-refractivity contribution in [2.24, 2.45) is 0 Å². The molecule has 3 rings (SSSR count). The van der Waals surface area contributed by atoms with Gasteiger partial charge in [0, 0.05) is 18.5 Å². The number of carbonyl (C=O) groups is 1. The number of halogens is 1. The maximum Gasteiger partial charge on any atom is 0.305 e. The number of ether oxygens (including phenoxy) is 1. The van der Waals surface area contributed by atoms with Gasteiger partial charge >= 0.3 is 5.97 Å². The van der Waals surface area contributed by atoms with Crippen LogP contribution in [-0.2, 0) is 19.6 Å². The Balaban J connectivity index is 1.95. The fraction of sp³-hybridized carbons (Fsp3) is 0.350. The van der Waals surface area contributed by atoms with E-state index in [0.29, 0.717) is 35.7 Å². The minimum atomic E-state index is -3.73. The van der Waals surface area contributed by atoms with E-state index in [0.717, 1.165) is 12.0 Å². The number of esters is 1. The second-order valence-electron chi connectivity index (χ2n) is 6.63. The first-order chi connectivity index (χ1) is 13.4. The highest BCUT2D eigenvalue weighted by Crippen LogP contribution is 2.40. The summed E-state index contributed by atoms with van der Waals surface area (Å²) in [4.78, 5) is 11.5. The average Bonchev–Trinajstić information content (AvgIpc) is 2.75. The van der Waals surface area contributed by atoms with Crippen LogP contribution in [-0.4, -0.2) is 35.1 Å². The van der Waals surface area contributed by atoms with Crippen molar-refractivity contribution in [1.29, 1.82) is 0 Å². The zero-order valence-electron chi connectivity index (χ0n) is 15.8.